The standard InChI is InChI=1S/C29H29ClN6O5/c1-35-10-7-16(8-11-35)36-28(39)18-12-22-23(13-19(18)29(36)40)34-26(33-22)25-21(6-9-31-27(25)38)32-14-17(37)15-41-24-5-3-2-4-20(24)30/h2-6,9,12-13,16-17,37H,7-8,10-11,14-15H2,1H3,(H,33,34)(H2,31,32,38). The van der Waals surface area contributed by atoms with Crippen molar-refractivity contribution >= 4 is 40.1 Å². The summed E-state index contributed by atoms with van der Waals surface area (Å²) in [6.07, 6.45) is 2.08. The number of halogens is 1. The largest absolute Gasteiger partial charge is 0.489 e. The summed E-state index contributed by atoms with van der Waals surface area (Å²) in [6, 6.07) is 11.8. The van der Waals surface area contributed by atoms with Gasteiger partial charge in [-0.05, 0) is 63.3 Å². The van der Waals surface area contributed by atoms with E-state index in [0.29, 0.717) is 38.6 Å². The Hall–Kier alpha value is -4.19. The number of imidazole rings is 1. The van der Waals surface area contributed by atoms with Crippen molar-refractivity contribution in [3.05, 3.63) is 75.2 Å². The molecular formula is C29H29ClN6O5. The number of amides is 2. The summed E-state index contributed by atoms with van der Waals surface area (Å²) in [7, 11) is 2.03. The monoisotopic (exact) mass is 576 g/mol. The van der Waals surface area contributed by atoms with Gasteiger partial charge < -0.3 is 30.0 Å². The minimum Gasteiger partial charge on any atom is -0.489 e. The van der Waals surface area contributed by atoms with Crippen LogP contribution in [0.15, 0.2) is 53.5 Å². The average molecular weight is 577 g/mol. The van der Waals surface area contributed by atoms with E-state index in [1.54, 1.807) is 42.5 Å². The van der Waals surface area contributed by atoms with Crippen LogP contribution in [0.2, 0.25) is 5.02 Å². The quantitative estimate of drug-likeness (QED) is 0.234. The third kappa shape index (κ3) is 5.19. The maximum absolute atomic E-state index is 13.3. The van der Waals surface area contributed by atoms with Gasteiger partial charge in [0.2, 0.25) is 0 Å². The Morgan fingerprint density at radius 1 is 1.12 bits per heavy atom. The number of carbonyl (C=O) groups excluding carboxylic acids is 2. The number of anilines is 1. The maximum Gasteiger partial charge on any atom is 0.261 e. The lowest BCUT2D eigenvalue weighted by atomic mass is 10.0. The van der Waals surface area contributed by atoms with Gasteiger partial charge in [0.05, 0.1) is 32.9 Å². The fourth-order valence-electron chi connectivity index (χ4n) is 5.36. The van der Waals surface area contributed by atoms with Crippen LogP contribution in [0.4, 0.5) is 5.69 Å². The summed E-state index contributed by atoms with van der Waals surface area (Å²) in [6.45, 7) is 1.74. The van der Waals surface area contributed by atoms with Gasteiger partial charge in [-0.1, -0.05) is 23.7 Å². The minimum absolute atomic E-state index is 0.0118. The van der Waals surface area contributed by atoms with E-state index in [9.17, 15) is 19.5 Å². The predicted molar refractivity (Wildman–Crippen MR) is 155 cm³/mol. The Kier molecular flexibility index (Phi) is 7.24. The lowest BCUT2D eigenvalue weighted by Crippen LogP contribution is -2.46. The van der Waals surface area contributed by atoms with Gasteiger partial charge >= 0.3 is 0 Å². The molecule has 0 aliphatic carbocycles. The number of imide groups is 1. The molecule has 2 aliphatic heterocycles. The molecule has 41 heavy (non-hydrogen) atoms. The van der Waals surface area contributed by atoms with Gasteiger partial charge in [0.25, 0.3) is 17.4 Å². The van der Waals surface area contributed by atoms with Crippen LogP contribution in [0, 0.1) is 0 Å². The molecule has 4 aromatic rings. The number of piperidine rings is 1. The maximum atomic E-state index is 13.3. The van der Waals surface area contributed by atoms with Gasteiger partial charge in [0, 0.05) is 18.8 Å². The number of aromatic nitrogens is 3. The second-order valence-corrected chi connectivity index (χ2v) is 10.8. The van der Waals surface area contributed by atoms with Crippen LogP contribution in [-0.4, -0.2) is 87.1 Å². The summed E-state index contributed by atoms with van der Waals surface area (Å²) in [5.41, 5.74) is 1.93. The number of aliphatic hydroxyl groups excluding tert-OH is 1. The molecule has 0 bridgehead atoms. The number of likely N-dealkylation sites (tertiary alicyclic amines) is 1. The van der Waals surface area contributed by atoms with Gasteiger partial charge in [-0.3, -0.25) is 19.3 Å². The first-order valence-corrected chi connectivity index (χ1v) is 13.8. The zero-order valence-corrected chi connectivity index (χ0v) is 23.1. The number of pyridine rings is 1. The summed E-state index contributed by atoms with van der Waals surface area (Å²) >= 11 is 6.10. The number of aromatic amines is 2. The topological polar surface area (TPSA) is 144 Å². The van der Waals surface area contributed by atoms with Gasteiger partial charge in [-0.25, -0.2) is 4.98 Å². The van der Waals surface area contributed by atoms with Crippen LogP contribution < -0.4 is 15.6 Å². The van der Waals surface area contributed by atoms with Crippen molar-refractivity contribution in [1.82, 2.24) is 24.8 Å². The van der Waals surface area contributed by atoms with Crippen LogP contribution in [0.5, 0.6) is 5.75 Å². The van der Waals surface area contributed by atoms with Crippen LogP contribution in [-0.2, 0) is 0 Å². The lowest BCUT2D eigenvalue weighted by Gasteiger charge is -2.33. The highest BCUT2D eigenvalue weighted by Gasteiger charge is 2.41. The van der Waals surface area contributed by atoms with Crippen LogP contribution >= 0.6 is 11.6 Å². The molecule has 11 nitrogen and oxygen atoms in total. The number of nitrogens with zero attached hydrogens (tertiary/aromatic N) is 3. The molecule has 1 unspecified atom stereocenters. The number of H-pyrrole nitrogens is 2. The molecule has 4 N–H and O–H groups in total. The Bertz CT molecular complexity index is 1640. The first-order valence-electron chi connectivity index (χ1n) is 13.4. The number of ether oxygens (including phenoxy) is 1. The minimum atomic E-state index is -0.901. The molecule has 0 spiro atoms. The van der Waals surface area contributed by atoms with Gasteiger partial charge in [-0.2, -0.15) is 0 Å². The van der Waals surface area contributed by atoms with Crippen LogP contribution in [0.25, 0.3) is 22.4 Å². The number of carbonyl (C=O) groups is 2. The average Bonchev–Trinajstić information content (AvgIpc) is 3.48. The van der Waals surface area contributed by atoms with E-state index in [4.69, 9.17) is 16.3 Å². The Morgan fingerprint density at radius 2 is 1.85 bits per heavy atom. The van der Waals surface area contributed by atoms with Crippen LogP contribution in [0.3, 0.4) is 0 Å². The van der Waals surface area contributed by atoms with E-state index in [1.807, 2.05) is 7.05 Å². The third-order valence-corrected chi connectivity index (χ3v) is 7.88. The van der Waals surface area contributed by atoms with Crippen molar-refractivity contribution < 1.29 is 19.4 Å². The van der Waals surface area contributed by atoms with Crippen molar-refractivity contribution in [2.24, 2.45) is 0 Å². The molecule has 0 radical (unpaired) electrons. The Balaban J connectivity index is 1.21. The molecular weight excluding hydrogens is 548 g/mol. The zero-order chi connectivity index (χ0) is 28.7. The molecule has 2 aliphatic rings. The smallest absolute Gasteiger partial charge is 0.261 e. The van der Waals surface area contributed by atoms with Crippen LogP contribution in [0.1, 0.15) is 33.6 Å². The fraction of sp³-hybridized carbons (Fsp3) is 0.310. The molecule has 0 saturated carbocycles. The molecule has 1 saturated heterocycles. The number of rotatable bonds is 8. The highest BCUT2D eigenvalue weighted by atomic mass is 35.5. The molecule has 2 aromatic heterocycles. The number of fused-ring (bicyclic) bond motifs is 2. The Labute approximate surface area is 240 Å². The lowest BCUT2D eigenvalue weighted by molar-refractivity contribution is 0.0516. The normalized spacial score (nSPS) is 16.8. The highest BCUT2D eigenvalue weighted by Crippen LogP contribution is 2.32. The number of para-hydroxylation sites is 1. The number of nitrogens with one attached hydrogen (secondary N) is 3. The number of benzene rings is 2. The number of hydrogen-bond acceptors (Lipinski definition) is 8. The Morgan fingerprint density at radius 3 is 2.61 bits per heavy atom. The van der Waals surface area contributed by atoms with E-state index in [2.05, 4.69) is 25.2 Å². The van der Waals surface area contributed by atoms with E-state index >= 15 is 0 Å². The second-order valence-electron chi connectivity index (χ2n) is 10.4. The summed E-state index contributed by atoms with van der Waals surface area (Å²) < 4.78 is 5.60. The van der Waals surface area contributed by atoms with E-state index in [0.717, 1.165) is 25.9 Å². The molecule has 4 heterocycles. The van der Waals surface area contributed by atoms with Crippen molar-refractivity contribution in [3.8, 4) is 17.1 Å². The highest BCUT2D eigenvalue weighted by molar-refractivity contribution is 6.32. The fourth-order valence-corrected chi connectivity index (χ4v) is 5.55. The SMILES string of the molecule is CN1CCC(N2C(=O)c3cc4nc(-c5c(NCC(O)COc6ccccc6Cl)cc[nH]c5=O)[nH]c4cc3C2=O)CC1. The van der Waals surface area contributed by atoms with Crippen molar-refractivity contribution in [2.45, 2.75) is 25.0 Å². The van der Waals surface area contributed by atoms with Gasteiger partial charge in [0.15, 0.2) is 0 Å². The van der Waals surface area contributed by atoms with Crippen molar-refractivity contribution in [2.75, 3.05) is 38.6 Å². The molecule has 2 amide bonds. The molecule has 6 rings (SSSR count). The zero-order valence-electron chi connectivity index (χ0n) is 22.3. The first-order chi connectivity index (χ1) is 19.8. The summed E-state index contributed by atoms with van der Waals surface area (Å²) in [5.74, 6) is 0.122. The third-order valence-electron chi connectivity index (χ3n) is 7.57. The number of aliphatic hydroxyl groups is 1. The van der Waals surface area contributed by atoms with E-state index in [-0.39, 0.29) is 42.4 Å². The molecule has 2 aromatic carbocycles. The van der Waals surface area contributed by atoms with Gasteiger partial charge in [-0.15, -0.1) is 0 Å². The van der Waals surface area contributed by atoms with E-state index < -0.39 is 11.7 Å². The molecule has 1 fully saturated rings. The molecule has 12 heteroatoms. The van der Waals surface area contributed by atoms with Crippen molar-refractivity contribution in [3.63, 3.8) is 0 Å². The van der Waals surface area contributed by atoms with Crippen molar-refractivity contribution in [1.29, 1.82) is 0 Å². The predicted octanol–water partition coefficient (Wildman–Crippen LogP) is 3.11. The molecule has 212 valence electrons. The summed E-state index contributed by atoms with van der Waals surface area (Å²) in [5, 5.41) is 14.0. The molecule has 1 atom stereocenters. The number of hydrogen-bond donors (Lipinski definition) is 4. The van der Waals surface area contributed by atoms with Gasteiger partial charge in [0.1, 0.15) is 29.8 Å². The van der Waals surface area contributed by atoms with E-state index in [1.165, 1.54) is 11.1 Å². The summed E-state index contributed by atoms with van der Waals surface area (Å²) in [4.78, 5) is 53.4. The first kappa shape index (κ1) is 27.0. The second kappa shape index (κ2) is 11.0.